The molecule has 0 aromatic carbocycles. The largest absolute Gasteiger partial charge is 0.377 e. The van der Waals surface area contributed by atoms with Gasteiger partial charge < -0.3 is 15.4 Å². The Morgan fingerprint density at radius 2 is 2.11 bits per heavy atom. The van der Waals surface area contributed by atoms with Gasteiger partial charge >= 0.3 is 0 Å². The number of nitrogens with zero attached hydrogens (tertiary/aromatic N) is 3. The Morgan fingerprint density at radius 1 is 1.44 bits per heavy atom. The second-order valence-electron chi connectivity index (χ2n) is 4.89. The highest BCUT2D eigenvalue weighted by molar-refractivity contribution is 5.49. The third kappa shape index (κ3) is 3.71. The number of nitrogens with two attached hydrogens (primary N) is 1. The lowest BCUT2D eigenvalue weighted by Crippen LogP contribution is -2.27. The first-order valence-corrected chi connectivity index (χ1v) is 6.52. The molecule has 0 bridgehead atoms. The second-order valence-corrected chi connectivity index (χ2v) is 4.89. The summed E-state index contributed by atoms with van der Waals surface area (Å²) in [6.45, 7) is 8.36. The molecule has 0 radical (unpaired) electrons. The molecule has 1 rings (SSSR count). The maximum absolute atomic E-state index is 5.67. The molecule has 2 N–H and O–H groups in total. The SMILES string of the molecule is Cc1nn(C)c(N(C)CCOC(C)C)c1CCN. The highest BCUT2D eigenvalue weighted by atomic mass is 16.5. The van der Waals surface area contributed by atoms with Crippen LogP contribution in [0, 0.1) is 6.92 Å². The van der Waals surface area contributed by atoms with Gasteiger partial charge in [-0.2, -0.15) is 5.10 Å². The summed E-state index contributed by atoms with van der Waals surface area (Å²) in [5.41, 5.74) is 7.97. The van der Waals surface area contributed by atoms with E-state index in [-0.39, 0.29) is 6.10 Å². The monoisotopic (exact) mass is 254 g/mol. The van der Waals surface area contributed by atoms with Crippen molar-refractivity contribution in [3.8, 4) is 0 Å². The van der Waals surface area contributed by atoms with Crippen molar-refractivity contribution >= 4 is 5.82 Å². The Kier molecular flexibility index (Phi) is 5.62. The number of aromatic nitrogens is 2. The quantitative estimate of drug-likeness (QED) is 0.791. The first-order chi connectivity index (χ1) is 8.47. The van der Waals surface area contributed by atoms with E-state index in [2.05, 4.69) is 17.0 Å². The van der Waals surface area contributed by atoms with Crippen LogP contribution < -0.4 is 10.6 Å². The molecule has 0 unspecified atom stereocenters. The van der Waals surface area contributed by atoms with Crippen LogP contribution in [-0.4, -0.2) is 42.6 Å². The van der Waals surface area contributed by atoms with E-state index in [1.54, 1.807) is 0 Å². The minimum absolute atomic E-state index is 0.273. The first kappa shape index (κ1) is 15.0. The Hall–Kier alpha value is -1.07. The number of aryl methyl sites for hydroxylation is 2. The molecule has 0 atom stereocenters. The number of hydrogen-bond acceptors (Lipinski definition) is 4. The van der Waals surface area contributed by atoms with Crippen molar-refractivity contribution in [3.63, 3.8) is 0 Å². The zero-order valence-electron chi connectivity index (χ0n) is 12.2. The van der Waals surface area contributed by atoms with Gasteiger partial charge in [-0.25, -0.2) is 0 Å². The van der Waals surface area contributed by atoms with Gasteiger partial charge in [0.15, 0.2) is 0 Å². The minimum Gasteiger partial charge on any atom is -0.377 e. The van der Waals surface area contributed by atoms with Gasteiger partial charge in [0.1, 0.15) is 5.82 Å². The van der Waals surface area contributed by atoms with Crippen molar-refractivity contribution in [2.45, 2.75) is 33.3 Å². The lowest BCUT2D eigenvalue weighted by Gasteiger charge is -2.21. The smallest absolute Gasteiger partial charge is 0.129 e. The van der Waals surface area contributed by atoms with Gasteiger partial charge in [-0.15, -0.1) is 0 Å². The molecule has 104 valence electrons. The van der Waals surface area contributed by atoms with E-state index in [1.165, 1.54) is 5.56 Å². The van der Waals surface area contributed by atoms with Crippen molar-refractivity contribution < 1.29 is 4.74 Å². The lowest BCUT2D eigenvalue weighted by atomic mass is 10.1. The number of likely N-dealkylation sites (N-methyl/N-ethyl adjacent to an activating group) is 1. The lowest BCUT2D eigenvalue weighted by molar-refractivity contribution is 0.0844. The van der Waals surface area contributed by atoms with Crippen molar-refractivity contribution in [2.75, 3.05) is 31.6 Å². The third-order valence-corrected chi connectivity index (χ3v) is 2.95. The summed E-state index contributed by atoms with van der Waals surface area (Å²) in [5, 5.41) is 4.47. The molecule has 0 saturated heterocycles. The van der Waals surface area contributed by atoms with Gasteiger partial charge in [-0.05, 0) is 33.7 Å². The average molecular weight is 254 g/mol. The van der Waals surface area contributed by atoms with Gasteiger partial charge in [0, 0.05) is 26.2 Å². The van der Waals surface area contributed by atoms with Crippen molar-refractivity contribution in [2.24, 2.45) is 12.8 Å². The zero-order valence-corrected chi connectivity index (χ0v) is 12.2. The van der Waals surface area contributed by atoms with E-state index in [0.29, 0.717) is 6.54 Å². The Bertz CT molecular complexity index is 373. The van der Waals surface area contributed by atoms with Crippen LogP contribution in [0.1, 0.15) is 25.1 Å². The maximum atomic E-state index is 5.67. The molecule has 5 heteroatoms. The van der Waals surface area contributed by atoms with Gasteiger partial charge in [0.2, 0.25) is 0 Å². The van der Waals surface area contributed by atoms with Gasteiger partial charge in [0.25, 0.3) is 0 Å². The Labute approximate surface area is 110 Å². The van der Waals surface area contributed by atoms with Crippen molar-refractivity contribution in [3.05, 3.63) is 11.3 Å². The molecule has 1 aromatic heterocycles. The fourth-order valence-corrected chi connectivity index (χ4v) is 2.14. The van der Waals surface area contributed by atoms with Gasteiger partial charge in [-0.3, -0.25) is 4.68 Å². The van der Waals surface area contributed by atoms with Crippen LogP contribution in [0.15, 0.2) is 0 Å². The molecule has 0 saturated carbocycles. The summed E-state index contributed by atoms with van der Waals surface area (Å²) < 4.78 is 7.51. The molecule has 0 amide bonds. The summed E-state index contributed by atoms with van der Waals surface area (Å²) in [6.07, 6.45) is 1.14. The van der Waals surface area contributed by atoms with E-state index < -0.39 is 0 Å². The van der Waals surface area contributed by atoms with E-state index in [9.17, 15) is 0 Å². The summed E-state index contributed by atoms with van der Waals surface area (Å²) in [5.74, 6) is 1.14. The van der Waals surface area contributed by atoms with Gasteiger partial charge in [-0.1, -0.05) is 0 Å². The molecule has 1 heterocycles. The number of rotatable bonds is 7. The van der Waals surface area contributed by atoms with Crippen LogP contribution in [0.5, 0.6) is 0 Å². The Morgan fingerprint density at radius 3 is 2.67 bits per heavy atom. The molecule has 0 aliphatic heterocycles. The number of hydrogen-bond donors (Lipinski definition) is 1. The summed E-state index contributed by atoms with van der Waals surface area (Å²) >= 11 is 0. The fourth-order valence-electron chi connectivity index (χ4n) is 2.14. The van der Waals surface area contributed by atoms with E-state index in [0.717, 1.165) is 31.1 Å². The highest BCUT2D eigenvalue weighted by Gasteiger charge is 2.16. The first-order valence-electron chi connectivity index (χ1n) is 6.52. The highest BCUT2D eigenvalue weighted by Crippen LogP contribution is 2.22. The van der Waals surface area contributed by atoms with Crippen molar-refractivity contribution in [1.29, 1.82) is 0 Å². The molecule has 5 nitrogen and oxygen atoms in total. The van der Waals surface area contributed by atoms with E-state index >= 15 is 0 Å². The van der Waals surface area contributed by atoms with Crippen LogP contribution >= 0.6 is 0 Å². The number of anilines is 1. The third-order valence-electron chi connectivity index (χ3n) is 2.95. The zero-order chi connectivity index (χ0) is 13.7. The Balaban J connectivity index is 2.74. The predicted molar refractivity (Wildman–Crippen MR) is 75.1 cm³/mol. The molecular weight excluding hydrogens is 228 g/mol. The topological polar surface area (TPSA) is 56.3 Å². The maximum Gasteiger partial charge on any atom is 0.129 e. The average Bonchev–Trinajstić information content (AvgIpc) is 2.54. The van der Waals surface area contributed by atoms with Crippen LogP contribution in [0.2, 0.25) is 0 Å². The fraction of sp³-hybridized carbons (Fsp3) is 0.769. The van der Waals surface area contributed by atoms with Crippen LogP contribution in [0.4, 0.5) is 5.82 Å². The summed E-state index contributed by atoms with van der Waals surface area (Å²) in [6, 6.07) is 0. The van der Waals surface area contributed by atoms with E-state index in [1.807, 2.05) is 32.5 Å². The minimum atomic E-state index is 0.273. The normalized spacial score (nSPS) is 11.3. The molecule has 1 aromatic rings. The van der Waals surface area contributed by atoms with E-state index in [4.69, 9.17) is 10.5 Å². The molecule has 18 heavy (non-hydrogen) atoms. The molecule has 0 aliphatic carbocycles. The molecule has 0 fully saturated rings. The van der Waals surface area contributed by atoms with Crippen molar-refractivity contribution in [1.82, 2.24) is 9.78 Å². The molecule has 0 aliphatic rings. The van der Waals surface area contributed by atoms with Crippen LogP contribution in [0.25, 0.3) is 0 Å². The summed E-state index contributed by atoms with van der Waals surface area (Å²) in [7, 11) is 4.04. The van der Waals surface area contributed by atoms with Gasteiger partial charge in [0.05, 0.1) is 18.4 Å². The van der Waals surface area contributed by atoms with Crippen LogP contribution in [-0.2, 0) is 18.2 Å². The molecular formula is C13H26N4O. The second kappa shape index (κ2) is 6.75. The predicted octanol–water partition coefficient (Wildman–Crippen LogP) is 1.09. The summed E-state index contributed by atoms with van der Waals surface area (Å²) in [4.78, 5) is 2.19. The number of ether oxygens (including phenoxy) is 1. The standard InChI is InChI=1S/C13H26N4O/c1-10(2)18-9-8-16(4)13-12(6-7-14)11(3)15-17(13)5/h10H,6-9,14H2,1-5H3. The molecule has 0 spiro atoms. The van der Waals surface area contributed by atoms with Crippen LogP contribution in [0.3, 0.4) is 0 Å².